The Bertz CT molecular complexity index is 121. The van der Waals surface area contributed by atoms with E-state index in [1.54, 1.807) is 6.92 Å². The van der Waals surface area contributed by atoms with Gasteiger partial charge in [0.2, 0.25) is 5.78 Å². The molecule has 0 aliphatic rings. The first-order chi connectivity index (χ1) is 4.48. The third kappa shape index (κ3) is 3.90. The minimum Gasteiger partial charge on any atom is -0.374 e. The molecule has 0 aliphatic carbocycles. The Balaban J connectivity index is 3.64. The molecule has 0 spiro atoms. The molecule has 0 aliphatic heterocycles. The van der Waals surface area contributed by atoms with Gasteiger partial charge in [-0.2, -0.15) is 8.78 Å². The zero-order chi connectivity index (χ0) is 8.20. The van der Waals surface area contributed by atoms with Gasteiger partial charge in [-0.3, -0.25) is 4.79 Å². The van der Waals surface area contributed by atoms with E-state index in [0.717, 1.165) is 0 Å². The van der Waals surface area contributed by atoms with Crippen molar-refractivity contribution in [1.29, 1.82) is 0 Å². The molecular weight excluding hydrogens is 210 g/mol. The number of ether oxygens (including phenoxy) is 1. The van der Waals surface area contributed by atoms with Crippen LogP contribution < -0.4 is 0 Å². The molecule has 0 rings (SSSR count). The van der Waals surface area contributed by atoms with Crippen molar-refractivity contribution in [2.45, 2.75) is 11.8 Å². The third-order valence-corrected chi connectivity index (χ3v) is 1.20. The molecule has 0 aromatic heterocycles. The summed E-state index contributed by atoms with van der Waals surface area (Å²) < 4.78 is 28.3. The van der Waals surface area contributed by atoms with Crippen molar-refractivity contribution in [2.24, 2.45) is 0 Å². The highest BCUT2D eigenvalue weighted by Crippen LogP contribution is 2.22. The lowest BCUT2D eigenvalue weighted by Gasteiger charge is -2.05. The van der Waals surface area contributed by atoms with Gasteiger partial charge in [0, 0.05) is 6.61 Å². The number of alkyl halides is 3. The fourth-order valence-corrected chi connectivity index (χ4v) is 0.391. The van der Waals surface area contributed by atoms with Crippen LogP contribution in [0.2, 0.25) is 0 Å². The van der Waals surface area contributed by atoms with Crippen LogP contribution in [-0.2, 0) is 9.53 Å². The van der Waals surface area contributed by atoms with Crippen molar-refractivity contribution in [3.05, 3.63) is 0 Å². The van der Waals surface area contributed by atoms with Gasteiger partial charge in [-0.25, -0.2) is 0 Å². The Morgan fingerprint density at radius 1 is 1.70 bits per heavy atom. The van der Waals surface area contributed by atoms with E-state index in [1.807, 2.05) is 15.9 Å². The van der Waals surface area contributed by atoms with Crippen LogP contribution in [0.25, 0.3) is 0 Å². The number of carbonyl (C=O) groups excluding carboxylic acids is 1. The van der Waals surface area contributed by atoms with Crippen LogP contribution in [0.5, 0.6) is 0 Å². The van der Waals surface area contributed by atoms with Crippen LogP contribution in [0, 0.1) is 0 Å². The van der Waals surface area contributed by atoms with Gasteiger partial charge >= 0.3 is 4.83 Å². The molecule has 0 heterocycles. The number of hydrogen-bond acceptors (Lipinski definition) is 2. The maximum atomic E-state index is 11.9. The fourth-order valence-electron chi connectivity index (χ4n) is 0.277. The molecule has 5 heteroatoms. The van der Waals surface area contributed by atoms with E-state index >= 15 is 0 Å². The molecule has 0 bridgehead atoms. The summed E-state index contributed by atoms with van der Waals surface area (Å²) in [6, 6.07) is 0. The highest BCUT2D eigenvalue weighted by molar-refractivity contribution is 9.10. The summed E-state index contributed by atoms with van der Waals surface area (Å²) in [6.45, 7) is 1.34. The second kappa shape index (κ2) is 3.98. The topological polar surface area (TPSA) is 26.3 Å². The standard InChI is InChI=1S/C5H7BrF2O2/c1-2-10-3-4(9)5(6,7)8/h2-3H2,1H3. The number of rotatable bonds is 4. The Morgan fingerprint density at radius 3 is 2.50 bits per heavy atom. The average molecular weight is 217 g/mol. The summed E-state index contributed by atoms with van der Waals surface area (Å²) in [6.07, 6.45) is 0. The number of carbonyl (C=O) groups is 1. The number of Topliss-reactive ketones (excluding diaryl/α,β-unsaturated/α-hetero) is 1. The van der Waals surface area contributed by atoms with Gasteiger partial charge in [0.1, 0.15) is 6.61 Å². The monoisotopic (exact) mass is 216 g/mol. The quantitative estimate of drug-likeness (QED) is 0.668. The predicted octanol–water partition coefficient (Wildman–Crippen LogP) is 1.58. The summed E-state index contributed by atoms with van der Waals surface area (Å²) in [5.41, 5.74) is 0. The lowest BCUT2D eigenvalue weighted by atomic mass is 10.4. The molecule has 0 atom stereocenters. The predicted molar refractivity (Wildman–Crippen MR) is 35.4 cm³/mol. The zero-order valence-electron chi connectivity index (χ0n) is 5.36. The number of hydrogen-bond donors (Lipinski definition) is 0. The molecule has 10 heavy (non-hydrogen) atoms. The summed E-state index contributed by atoms with van der Waals surface area (Å²) in [7, 11) is 0. The SMILES string of the molecule is CCOCC(=O)C(F)(F)Br. The lowest BCUT2D eigenvalue weighted by molar-refractivity contribution is -0.136. The van der Waals surface area contributed by atoms with Crippen molar-refractivity contribution in [2.75, 3.05) is 13.2 Å². The minimum absolute atomic E-state index is 0.259. The molecule has 2 nitrogen and oxygen atoms in total. The Morgan fingerprint density at radius 2 is 2.20 bits per heavy atom. The summed E-state index contributed by atoms with van der Waals surface area (Å²) >= 11 is 1.91. The van der Waals surface area contributed by atoms with E-state index in [0.29, 0.717) is 0 Å². The van der Waals surface area contributed by atoms with Gasteiger partial charge in [0.25, 0.3) is 0 Å². The van der Waals surface area contributed by atoms with Gasteiger partial charge < -0.3 is 4.74 Å². The van der Waals surface area contributed by atoms with E-state index in [2.05, 4.69) is 4.74 Å². The number of ketones is 1. The van der Waals surface area contributed by atoms with Crippen LogP contribution >= 0.6 is 15.9 Å². The van der Waals surface area contributed by atoms with Crippen molar-refractivity contribution in [3.63, 3.8) is 0 Å². The highest BCUT2D eigenvalue weighted by Gasteiger charge is 2.34. The van der Waals surface area contributed by atoms with Crippen LogP contribution in [0.1, 0.15) is 6.92 Å². The van der Waals surface area contributed by atoms with E-state index in [4.69, 9.17) is 0 Å². The summed E-state index contributed by atoms with van der Waals surface area (Å²) in [4.78, 5) is 6.86. The third-order valence-electron chi connectivity index (χ3n) is 0.753. The van der Waals surface area contributed by atoms with Crippen molar-refractivity contribution in [3.8, 4) is 0 Å². The van der Waals surface area contributed by atoms with E-state index in [9.17, 15) is 13.6 Å². The molecule has 0 saturated carbocycles. The van der Waals surface area contributed by atoms with Crippen LogP contribution in [0.15, 0.2) is 0 Å². The second-order valence-corrected chi connectivity index (χ2v) is 2.55. The highest BCUT2D eigenvalue weighted by atomic mass is 79.9. The van der Waals surface area contributed by atoms with Gasteiger partial charge in [0.15, 0.2) is 0 Å². The lowest BCUT2D eigenvalue weighted by Crippen LogP contribution is -2.25. The minimum atomic E-state index is -3.44. The molecule has 0 radical (unpaired) electrons. The van der Waals surface area contributed by atoms with E-state index in [-0.39, 0.29) is 6.61 Å². The second-order valence-electron chi connectivity index (χ2n) is 1.56. The maximum absolute atomic E-state index is 11.9. The fraction of sp³-hybridized carbons (Fsp3) is 0.800. The van der Waals surface area contributed by atoms with Crippen molar-refractivity contribution in [1.82, 2.24) is 0 Å². The Labute approximate surface area is 65.7 Å². The van der Waals surface area contributed by atoms with E-state index < -0.39 is 17.2 Å². The maximum Gasteiger partial charge on any atom is 0.360 e. The van der Waals surface area contributed by atoms with Crippen molar-refractivity contribution >= 4 is 21.7 Å². The first-order valence-corrected chi connectivity index (χ1v) is 3.45. The zero-order valence-corrected chi connectivity index (χ0v) is 6.95. The van der Waals surface area contributed by atoms with Crippen molar-refractivity contribution < 1.29 is 18.3 Å². The molecule has 60 valence electrons. The Hall–Kier alpha value is -0.0300. The van der Waals surface area contributed by atoms with Gasteiger partial charge in [-0.15, -0.1) is 0 Å². The first-order valence-electron chi connectivity index (χ1n) is 2.66. The molecule has 0 aromatic rings. The van der Waals surface area contributed by atoms with Gasteiger partial charge in [0.05, 0.1) is 0 Å². The Kier molecular flexibility index (Phi) is 3.96. The normalized spacial score (nSPS) is 11.6. The first kappa shape index (κ1) is 9.97. The summed E-state index contributed by atoms with van der Waals surface area (Å²) in [5, 5.41) is 0. The van der Waals surface area contributed by atoms with Crippen LogP contribution in [-0.4, -0.2) is 23.8 Å². The molecule has 0 saturated heterocycles. The molecular formula is C5H7BrF2O2. The largest absolute Gasteiger partial charge is 0.374 e. The van der Waals surface area contributed by atoms with E-state index in [1.165, 1.54) is 0 Å². The molecule has 0 unspecified atom stereocenters. The molecule has 0 N–H and O–H groups in total. The van der Waals surface area contributed by atoms with Gasteiger partial charge in [-0.1, -0.05) is 0 Å². The smallest absolute Gasteiger partial charge is 0.360 e. The average Bonchev–Trinajstić information content (AvgIpc) is 1.80. The molecule has 0 aromatic carbocycles. The molecule has 0 amide bonds. The van der Waals surface area contributed by atoms with Crippen LogP contribution in [0.4, 0.5) is 8.78 Å². The molecule has 0 fully saturated rings. The summed E-state index contributed by atoms with van der Waals surface area (Å²) in [5.74, 6) is -1.26. The van der Waals surface area contributed by atoms with Gasteiger partial charge in [-0.05, 0) is 22.9 Å². The number of halogens is 3. The van der Waals surface area contributed by atoms with Crippen LogP contribution in [0.3, 0.4) is 0 Å².